The molecule has 4 aliphatic carbocycles. The Labute approximate surface area is 121 Å². The summed E-state index contributed by atoms with van der Waals surface area (Å²) in [6.07, 6.45) is 12.2. The zero-order valence-corrected chi connectivity index (χ0v) is 12.6. The molecular formula is C18H26O2. The van der Waals surface area contributed by atoms with Gasteiger partial charge in [0.15, 0.2) is 0 Å². The number of ether oxygens (including phenoxy) is 1. The fraction of sp³-hybridized carbons (Fsp3) is 0.944. The zero-order chi connectivity index (χ0) is 13.6. The molecule has 0 aromatic rings. The van der Waals surface area contributed by atoms with Crippen LogP contribution in [0.1, 0.15) is 71.1 Å². The van der Waals surface area contributed by atoms with Crippen LogP contribution in [0.4, 0.5) is 0 Å². The summed E-state index contributed by atoms with van der Waals surface area (Å²) in [7, 11) is 0. The van der Waals surface area contributed by atoms with Gasteiger partial charge in [0.2, 0.25) is 0 Å². The molecule has 0 amide bonds. The molecule has 0 spiro atoms. The van der Waals surface area contributed by atoms with E-state index in [1.165, 1.54) is 44.9 Å². The Morgan fingerprint density at radius 1 is 1.05 bits per heavy atom. The van der Waals surface area contributed by atoms with Gasteiger partial charge in [-0.05, 0) is 68.1 Å². The lowest BCUT2D eigenvalue weighted by molar-refractivity contribution is -0.122. The smallest absolute Gasteiger partial charge is 0.136 e. The maximum atomic E-state index is 11.9. The Bertz CT molecular complexity index is 486. The normalized spacial score (nSPS) is 60.2. The van der Waals surface area contributed by atoms with Crippen LogP contribution >= 0.6 is 0 Å². The second-order valence-corrected chi connectivity index (χ2v) is 8.70. The molecule has 4 saturated carbocycles. The van der Waals surface area contributed by atoms with Crippen LogP contribution in [0.5, 0.6) is 0 Å². The van der Waals surface area contributed by atoms with E-state index >= 15 is 0 Å². The van der Waals surface area contributed by atoms with Crippen molar-refractivity contribution in [2.75, 3.05) is 0 Å². The van der Waals surface area contributed by atoms with Crippen LogP contribution < -0.4 is 0 Å². The van der Waals surface area contributed by atoms with Crippen molar-refractivity contribution in [3.8, 4) is 0 Å². The van der Waals surface area contributed by atoms with Crippen molar-refractivity contribution < 1.29 is 9.53 Å². The highest BCUT2D eigenvalue weighted by molar-refractivity contribution is 5.82. The molecule has 6 unspecified atom stereocenters. The van der Waals surface area contributed by atoms with Crippen molar-refractivity contribution in [2.24, 2.45) is 23.2 Å². The summed E-state index contributed by atoms with van der Waals surface area (Å²) < 4.78 is 6.41. The molecule has 0 aromatic heterocycles. The maximum absolute atomic E-state index is 11.9. The molecule has 5 fully saturated rings. The van der Waals surface area contributed by atoms with Crippen molar-refractivity contribution in [2.45, 2.75) is 82.3 Å². The first-order valence-corrected chi connectivity index (χ1v) is 8.81. The van der Waals surface area contributed by atoms with Crippen molar-refractivity contribution in [1.29, 1.82) is 0 Å². The van der Waals surface area contributed by atoms with Crippen LogP contribution in [0.2, 0.25) is 0 Å². The number of carbonyl (C=O) groups excluding carboxylic acids is 1. The summed E-state index contributed by atoms with van der Waals surface area (Å²) in [4.78, 5) is 11.9. The largest absolute Gasteiger partial charge is 0.362 e. The highest BCUT2D eigenvalue weighted by Gasteiger charge is 2.78. The average Bonchev–Trinajstić information content (AvgIpc) is 2.95. The predicted octanol–water partition coefficient (Wildman–Crippen LogP) is 3.87. The monoisotopic (exact) mass is 274 g/mol. The number of rotatable bonds is 0. The van der Waals surface area contributed by atoms with Crippen molar-refractivity contribution in [3.63, 3.8) is 0 Å². The molecule has 1 aliphatic heterocycles. The van der Waals surface area contributed by atoms with E-state index in [9.17, 15) is 4.79 Å². The van der Waals surface area contributed by atoms with Crippen molar-refractivity contribution in [1.82, 2.24) is 0 Å². The van der Waals surface area contributed by atoms with Gasteiger partial charge in [0.05, 0.1) is 0 Å². The standard InChI is InChI=1S/C18H26O2/c1-16-7-2-3-14(16)13-5-9-17-11-12(19)4-10-18(17,20-17)15(13)6-8-16/h13-15H,2-11H2,1H3. The van der Waals surface area contributed by atoms with Crippen LogP contribution in [0, 0.1) is 23.2 Å². The van der Waals surface area contributed by atoms with Crippen LogP contribution in [0.25, 0.3) is 0 Å². The minimum atomic E-state index is 0.00977. The van der Waals surface area contributed by atoms with E-state index in [1.54, 1.807) is 0 Å². The Morgan fingerprint density at radius 2 is 1.95 bits per heavy atom. The van der Waals surface area contributed by atoms with Gasteiger partial charge in [-0.2, -0.15) is 0 Å². The third kappa shape index (κ3) is 1.24. The Hall–Kier alpha value is -0.370. The van der Waals surface area contributed by atoms with Gasteiger partial charge in [0, 0.05) is 12.8 Å². The lowest BCUT2D eigenvalue weighted by atomic mass is 9.51. The lowest BCUT2D eigenvalue weighted by Gasteiger charge is -2.52. The minimum absolute atomic E-state index is 0.00977. The second kappa shape index (κ2) is 3.51. The molecule has 2 heteroatoms. The topological polar surface area (TPSA) is 29.6 Å². The first-order chi connectivity index (χ1) is 9.59. The van der Waals surface area contributed by atoms with Crippen molar-refractivity contribution >= 4 is 5.78 Å². The average molecular weight is 274 g/mol. The molecule has 0 N–H and O–H groups in total. The van der Waals surface area contributed by atoms with Gasteiger partial charge in [-0.1, -0.05) is 13.3 Å². The first kappa shape index (κ1) is 12.2. The van der Waals surface area contributed by atoms with Gasteiger partial charge < -0.3 is 4.74 Å². The van der Waals surface area contributed by atoms with Gasteiger partial charge in [-0.15, -0.1) is 0 Å². The van der Waals surface area contributed by atoms with E-state index in [0.717, 1.165) is 37.0 Å². The summed E-state index contributed by atoms with van der Waals surface area (Å²) in [6, 6.07) is 0. The molecule has 20 heavy (non-hydrogen) atoms. The molecule has 1 heterocycles. The molecule has 2 nitrogen and oxygen atoms in total. The van der Waals surface area contributed by atoms with E-state index in [2.05, 4.69) is 6.92 Å². The van der Waals surface area contributed by atoms with E-state index in [4.69, 9.17) is 4.74 Å². The van der Waals surface area contributed by atoms with Gasteiger partial charge in [0.25, 0.3) is 0 Å². The van der Waals surface area contributed by atoms with E-state index in [1.807, 2.05) is 0 Å². The van der Waals surface area contributed by atoms with E-state index in [0.29, 0.717) is 11.2 Å². The zero-order valence-electron chi connectivity index (χ0n) is 12.6. The Balaban J connectivity index is 1.50. The van der Waals surface area contributed by atoms with Crippen LogP contribution in [0.3, 0.4) is 0 Å². The van der Waals surface area contributed by atoms with Gasteiger partial charge in [-0.25, -0.2) is 0 Å². The predicted molar refractivity (Wildman–Crippen MR) is 76.3 cm³/mol. The fourth-order valence-corrected chi connectivity index (χ4v) is 7.13. The number of ketones is 1. The fourth-order valence-electron chi connectivity index (χ4n) is 7.13. The van der Waals surface area contributed by atoms with E-state index in [-0.39, 0.29) is 11.2 Å². The molecule has 0 bridgehead atoms. The number of carbonyl (C=O) groups is 1. The lowest BCUT2D eigenvalue weighted by Crippen LogP contribution is -2.52. The molecule has 5 rings (SSSR count). The van der Waals surface area contributed by atoms with Gasteiger partial charge in [-0.3, -0.25) is 4.79 Å². The minimum Gasteiger partial charge on any atom is -0.362 e. The molecule has 110 valence electrons. The van der Waals surface area contributed by atoms with E-state index < -0.39 is 0 Å². The van der Waals surface area contributed by atoms with Gasteiger partial charge >= 0.3 is 0 Å². The highest BCUT2D eigenvalue weighted by Crippen LogP contribution is 2.72. The molecule has 0 aromatic carbocycles. The summed E-state index contributed by atoms with van der Waals surface area (Å²) in [5, 5.41) is 0. The van der Waals surface area contributed by atoms with Crippen LogP contribution in [0.15, 0.2) is 0 Å². The highest BCUT2D eigenvalue weighted by atomic mass is 16.6. The summed E-state index contributed by atoms with van der Waals surface area (Å²) in [6.45, 7) is 2.55. The third-order valence-corrected chi connectivity index (χ3v) is 8.06. The summed E-state index contributed by atoms with van der Waals surface area (Å²) in [5.74, 6) is 3.09. The SMILES string of the molecule is CC12CCCC1C1CCC34CC(=O)CCC3(O4)C1CC2. The van der Waals surface area contributed by atoms with Crippen molar-refractivity contribution in [3.05, 3.63) is 0 Å². The quantitative estimate of drug-likeness (QED) is 0.627. The second-order valence-electron chi connectivity index (χ2n) is 8.70. The Kier molecular flexibility index (Phi) is 2.14. The summed E-state index contributed by atoms with van der Waals surface area (Å²) in [5.41, 5.74) is 0.792. The maximum Gasteiger partial charge on any atom is 0.136 e. The first-order valence-electron chi connectivity index (χ1n) is 8.81. The molecular weight excluding hydrogens is 248 g/mol. The molecule has 6 atom stereocenters. The number of epoxide rings is 1. The van der Waals surface area contributed by atoms with Gasteiger partial charge in [0.1, 0.15) is 17.0 Å². The Morgan fingerprint density at radius 3 is 2.85 bits per heavy atom. The molecule has 1 saturated heterocycles. The number of Topliss-reactive ketones (excluding diaryl/α,β-unsaturated/α-hetero) is 1. The third-order valence-electron chi connectivity index (χ3n) is 8.06. The summed E-state index contributed by atoms with van der Waals surface area (Å²) >= 11 is 0. The number of hydrogen-bond donors (Lipinski definition) is 0. The van der Waals surface area contributed by atoms with Crippen LogP contribution in [-0.4, -0.2) is 17.0 Å². The molecule has 5 aliphatic rings. The van der Waals surface area contributed by atoms with Crippen LogP contribution in [-0.2, 0) is 9.53 Å². The number of fused-ring (bicyclic) bond motifs is 3. The molecule has 0 radical (unpaired) electrons. The number of hydrogen-bond acceptors (Lipinski definition) is 2.